The maximum absolute atomic E-state index is 11.0. The fourth-order valence-electron chi connectivity index (χ4n) is 2.77. The number of carboxylic acids is 1. The summed E-state index contributed by atoms with van der Waals surface area (Å²) in [7, 11) is -2.77. The van der Waals surface area contributed by atoms with Crippen LogP contribution in [-0.2, 0) is 14.6 Å². The normalized spacial score (nSPS) is 33.4. The Bertz CT molecular complexity index is 358. The number of hydrogen-bond acceptors (Lipinski definition) is 3. The van der Waals surface area contributed by atoms with Crippen LogP contribution < -0.4 is 0 Å². The molecule has 1 saturated heterocycles. The largest absolute Gasteiger partial charge is 0.481 e. The molecule has 2 fully saturated rings. The van der Waals surface area contributed by atoms with Gasteiger partial charge in [0.15, 0.2) is 9.84 Å². The number of carbonyl (C=O) groups is 1. The molecule has 2 aliphatic rings. The van der Waals surface area contributed by atoms with Gasteiger partial charge in [0.2, 0.25) is 0 Å². The lowest BCUT2D eigenvalue weighted by molar-refractivity contribution is -0.138. The smallest absolute Gasteiger partial charge is 0.303 e. The minimum absolute atomic E-state index is 0.0201. The van der Waals surface area contributed by atoms with E-state index in [2.05, 4.69) is 0 Å². The van der Waals surface area contributed by atoms with Crippen molar-refractivity contribution in [3.63, 3.8) is 0 Å². The van der Waals surface area contributed by atoms with Gasteiger partial charge < -0.3 is 5.11 Å². The van der Waals surface area contributed by atoms with E-state index in [9.17, 15) is 13.2 Å². The molecule has 0 aromatic carbocycles. The molecule has 80 valence electrons. The highest BCUT2D eigenvalue weighted by Gasteiger charge is 2.65. The van der Waals surface area contributed by atoms with Crippen molar-refractivity contribution >= 4 is 15.8 Å². The van der Waals surface area contributed by atoms with Crippen molar-refractivity contribution in [1.29, 1.82) is 0 Å². The third kappa shape index (κ3) is 1.54. The monoisotopic (exact) mass is 218 g/mol. The van der Waals surface area contributed by atoms with Crippen LogP contribution in [0.4, 0.5) is 0 Å². The summed E-state index contributed by atoms with van der Waals surface area (Å²) in [5.74, 6) is 0.218. The first-order valence-electron chi connectivity index (χ1n) is 4.77. The van der Waals surface area contributed by atoms with Crippen LogP contribution in [0.5, 0.6) is 0 Å². The van der Waals surface area contributed by atoms with E-state index in [1.807, 2.05) is 6.92 Å². The molecule has 1 saturated carbocycles. The highest BCUT2D eigenvalue weighted by atomic mass is 32.2. The molecule has 1 heterocycles. The Hall–Kier alpha value is -0.580. The number of carboxylic acid groups (broad SMARTS) is 1. The molecule has 0 radical (unpaired) electrons. The van der Waals surface area contributed by atoms with E-state index in [1.165, 1.54) is 0 Å². The van der Waals surface area contributed by atoms with Gasteiger partial charge in [-0.1, -0.05) is 6.92 Å². The predicted molar refractivity (Wildman–Crippen MR) is 50.6 cm³/mol. The van der Waals surface area contributed by atoms with E-state index >= 15 is 0 Å². The Morgan fingerprint density at radius 2 is 2.14 bits per heavy atom. The van der Waals surface area contributed by atoms with Crippen LogP contribution >= 0.6 is 0 Å². The highest BCUT2D eigenvalue weighted by Crippen LogP contribution is 2.63. The molecule has 0 amide bonds. The fourth-order valence-corrected chi connectivity index (χ4v) is 5.10. The Morgan fingerprint density at radius 1 is 1.57 bits per heavy atom. The van der Waals surface area contributed by atoms with E-state index in [-0.39, 0.29) is 29.3 Å². The first kappa shape index (κ1) is 9.96. The van der Waals surface area contributed by atoms with Gasteiger partial charge in [-0.3, -0.25) is 4.79 Å². The van der Waals surface area contributed by atoms with Crippen molar-refractivity contribution in [2.75, 3.05) is 11.5 Å². The zero-order valence-corrected chi connectivity index (χ0v) is 8.88. The van der Waals surface area contributed by atoms with Gasteiger partial charge in [-0.2, -0.15) is 0 Å². The first-order valence-corrected chi connectivity index (χ1v) is 6.59. The van der Waals surface area contributed by atoms with Gasteiger partial charge in [-0.05, 0) is 18.3 Å². The molecule has 1 aliphatic carbocycles. The van der Waals surface area contributed by atoms with Crippen LogP contribution in [0.2, 0.25) is 0 Å². The fraction of sp³-hybridized carbons (Fsp3) is 0.889. The van der Waals surface area contributed by atoms with Crippen LogP contribution in [0.3, 0.4) is 0 Å². The van der Waals surface area contributed by atoms with Gasteiger partial charge in [0.25, 0.3) is 0 Å². The zero-order chi connectivity index (χ0) is 10.6. The average molecular weight is 218 g/mol. The van der Waals surface area contributed by atoms with Crippen LogP contribution in [0, 0.1) is 17.3 Å². The second-order valence-corrected chi connectivity index (χ2v) is 6.84. The molecule has 4 nitrogen and oxygen atoms in total. The molecule has 2 atom stereocenters. The molecule has 0 bridgehead atoms. The summed E-state index contributed by atoms with van der Waals surface area (Å²) >= 11 is 0. The van der Waals surface area contributed by atoms with Gasteiger partial charge >= 0.3 is 5.97 Å². The van der Waals surface area contributed by atoms with Crippen molar-refractivity contribution in [2.24, 2.45) is 17.3 Å². The molecule has 1 aliphatic heterocycles. The minimum Gasteiger partial charge on any atom is -0.481 e. The maximum Gasteiger partial charge on any atom is 0.303 e. The van der Waals surface area contributed by atoms with E-state index in [0.29, 0.717) is 5.92 Å². The number of rotatable bonds is 3. The lowest BCUT2D eigenvalue weighted by Gasteiger charge is -2.28. The molecule has 1 spiro atoms. The molecular weight excluding hydrogens is 204 g/mol. The van der Waals surface area contributed by atoms with Gasteiger partial charge in [0.05, 0.1) is 11.5 Å². The lowest BCUT2D eigenvalue weighted by atomic mass is 9.95. The quantitative estimate of drug-likeness (QED) is 0.750. The topological polar surface area (TPSA) is 71.4 Å². The van der Waals surface area contributed by atoms with E-state index in [0.717, 1.165) is 6.42 Å². The molecule has 0 aromatic heterocycles. The summed E-state index contributed by atoms with van der Waals surface area (Å²) in [4.78, 5) is 10.5. The first-order chi connectivity index (χ1) is 6.35. The van der Waals surface area contributed by atoms with Crippen molar-refractivity contribution in [2.45, 2.75) is 19.8 Å². The highest BCUT2D eigenvalue weighted by molar-refractivity contribution is 7.92. The van der Waals surface area contributed by atoms with Crippen LogP contribution in [0.1, 0.15) is 19.8 Å². The predicted octanol–water partition coefficient (Wildman–Crippen LogP) is 0.532. The SMILES string of the molecule is CC(CC(=O)O)C1CC12CS(=O)(=O)C2. The van der Waals surface area contributed by atoms with Crippen molar-refractivity contribution in [1.82, 2.24) is 0 Å². The Kier molecular flexibility index (Phi) is 1.93. The van der Waals surface area contributed by atoms with E-state index in [1.54, 1.807) is 0 Å². The summed E-state index contributed by atoms with van der Waals surface area (Å²) in [6, 6.07) is 0. The standard InChI is InChI=1S/C9H14O4S/c1-6(2-8(10)11)7-3-9(7)4-14(12,13)5-9/h6-7H,2-5H2,1H3,(H,10,11). The third-order valence-corrected chi connectivity index (χ3v) is 5.48. The number of sulfone groups is 1. The van der Waals surface area contributed by atoms with Gasteiger partial charge in [0, 0.05) is 11.8 Å². The summed E-state index contributed by atoms with van der Waals surface area (Å²) < 4.78 is 22.0. The zero-order valence-electron chi connectivity index (χ0n) is 8.06. The van der Waals surface area contributed by atoms with Gasteiger partial charge in [-0.25, -0.2) is 8.42 Å². The summed E-state index contributed by atoms with van der Waals surface area (Å²) in [6.07, 6.45) is 1.06. The van der Waals surface area contributed by atoms with Crippen LogP contribution in [0.25, 0.3) is 0 Å². The van der Waals surface area contributed by atoms with Crippen LogP contribution in [0.15, 0.2) is 0 Å². The molecule has 14 heavy (non-hydrogen) atoms. The van der Waals surface area contributed by atoms with Crippen LogP contribution in [-0.4, -0.2) is 31.0 Å². The Morgan fingerprint density at radius 3 is 2.57 bits per heavy atom. The maximum atomic E-state index is 11.0. The van der Waals surface area contributed by atoms with Crippen molar-refractivity contribution in [3.05, 3.63) is 0 Å². The lowest BCUT2D eigenvalue weighted by Crippen LogP contribution is -2.40. The Balaban J connectivity index is 1.91. The summed E-state index contributed by atoms with van der Waals surface area (Å²) in [5, 5.41) is 8.61. The molecule has 0 aromatic rings. The molecular formula is C9H14O4S. The van der Waals surface area contributed by atoms with Crippen molar-refractivity contribution in [3.8, 4) is 0 Å². The van der Waals surface area contributed by atoms with E-state index < -0.39 is 15.8 Å². The summed E-state index contributed by atoms with van der Waals surface area (Å²) in [6.45, 7) is 1.90. The van der Waals surface area contributed by atoms with E-state index in [4.69, 9.17) is 5.11 Å². The molecule has 5 heteroatoms. The molecule has 2 unspecified atom stereocenters. The van der Waals surface area contributed by atoms with Crippen molar-refractivity contribution < 1.29 is 18.3 Å². The average Bonchev–Trinajstić information content (AvgIpc) is 2.58. The second-order valence-electron chi connectivity index (χ2n) is 4.78. The third-order valence-electron chi connectivity index (χ3n) is 3.45. The Labute approximate surface area is 83.2 Å². The molecule has 1 N–H and O–H groups in total. The van der Waals surface area contributed by atoms with Gasteiger partial charge in [0.1, 0.15) is 0 Å². The molecule has 2 rings (SSSR count). The van der Waals surface area contributed by atoms with Gasteiger partial charge in [-0.15, -0.1) is 0 Å². The number of hydrogen-bond donors (Lipinski definition) is 1. The number of aliphatic carboxylic acids is 1. The second kappa shape index (κ2) is 2.72. The minimum atomic E-state index is -2.77. The summed E-state index contributed by atoms with van der Waals surface area (Å²) in [5.41, 5.74) is -0.0201.